The summed E-state index contributed by atoms with van der Waals surface area (Å²) in [5.41, 5.74) is 1.77. The van der Waals surface area contributed by atoms with Crippen LogP contribution in [0.3, 0.4) is 0 Å². The summed E-state index contributed by atoms with van der Waals surface area (Å²) >= 11 is 0. The van der Waals surface area contributed by atoms with Crippen molar-refractivity contribution >= 4 is 11.8 Å². The van der Waals surface area contributed by atoms with Gasteiger partial charge in [0.15, 0.2) is 0 Å². The van der Waals surface area contributed by atoms with E-state index in [2.05, 4.69) is 10.3 Å². The number of aryl methyl sites for hydroxylation is 1. The molecule has 24 heavy (non-hydrogen) atoms. The van der Waals surface area contributed by atoms with E-state index >= 15 is 0 Å². The molecule has 2 atom stereocenters. The Kier molecular flexibility index (Phi) is 4.99. The normalized spacial score (nSPS) is 23.2. The number of methoxy groups -OCH3 is 1. The highest BCUT2D eigenvalue weighted by atomic mass is 16.5. The Hall–Kier alpha value is -2.15. The molecular weight excluding hydrogens is 310 g/mol. The Morgan fingerprint density at radius 3 is 3.04 bits per heavy atom. The van der Waals surface area contributed by atoms with Gasteiger partial charge in [0.1, 0.15) is 0 Å². The maximum absolute atomic E-state index is 12.6. The number of nitrogens with one attached hydrogen (secondary N) is 2. The molecule has 0 saturated carbocycles. The summed E-state index contributed by atoms with van der Waals surface area (Å²) in [6.07, 6.45) is 2.84. The highest BCUT2D eigenvalue weighted by Crippen LogP contribution is 2.28. The highest BCUT2D eigenvalue weighted by Gasteiger charge is 2.35. The monoisotopic (exact) mass is 333 g/mol. The molecule has 1 aliphatic carbocycles. The average Bonchev–Trinajstić information content (AvgIpc) is 2.94. The molecule has 0 bridgehead atoms. The third-order valence-electron chi connectivity index (χ3n) is 4.80. The molecule has 1 aromatic rings. The number of amides is 2. The predicted molar refractivity (Wildman–Crippen MR) is 87.4 cm³/mol. The number of nitrogens with zero attached hydrogens (tertiary/aromatic N) is 1. The summed E-state index contributed by atoms with van der Waals surface area (Å²) in [4.78, 5) is 40.5. The van der Waals surface area contributed by atoms with E-state index in [-0.39, 0.29) is 35.8 Å². The summed E-state index contributed by atoms with van der Waals surface area (Å²) in [7, 11) is 1.59. The molecule has 1 aliphatic heterocycles. The molecular formula is C17H23N3O4. The zero-order valence-corrected chi connectivity index (χ0v) is 13.8. The van der Waals surface area contributed by atoms with Crippen molar-refractivity contribution in [1.29, 1.82) is 0 Å². The zero-order valence-electron chi connectivity index (χ0n) is 13.8. The maximum atomic E-state index is 12.6. The third kappa shape index (κ3) is 3.51. The van der Waals surface area contributed by atoms with Crippen LogP contribution in [-0.4, -0.2) is 48.5 Å². The molecule has 3 rings (SSSR count). The van der Waals surface area contributed by atoms with Crippen molar-refractivity contribution in [1.82, 2.24) is 15.2 Å². The second kappa shape index (κ2) is 7.17. The van der Waals surface area contributed by atoms with Crippen molar-refractivity contribution in [3.63, 3.8) is 0 Å². The van der Waals surface area contributed by atoms with Crippen LogP contribution in [0.1, 0.15) is 36.6 Å². The van der Waals surface area contributed by atoms with Crippen molar-refractivity contribution in [2.24, 2.45) is 5.92 Å². The molecule has 130 valence electrons. The number of ether oxygens (including phenoxy) is 1. The van der Waals surface area contributed by atoms with Crippen molar-refractivity contribution in [3.05, 3.63) is 33.7 Å². The standard InChI is InChI=1S/C17H23N3O4/c1-24-8-7-20-10-11(9-16(20)22)17(23)19-14-4-2-3-13-12(14)5-6-15(21)18-13/h5-6,11,14H,2-4,7-10H2,1H3,(H,18,21)(H,19,23)/t11-,14+/m0/s1. The summed E-state index contributed by atoms with van der Waals surface area (Å²) in [5.74, 6) is -0.407. The van der Waals surface area contributed by atoms with Crippen molar-refractivity contribution in [3.8, 4) is 0 Å². The molecule has 7 heteroatoms. The van der Waals surface area contributed by atoms with Gasteiger partial charge in [-0.15, -0.1) is 0 Å². The minimum absolute atomic E-state index is 0.000532. The first-order chi connectivity index (χ1) is 11.6. The molecule has 1 aromatic heterocycles. The van der Waals surface area contributed by atoms with E-state index in [1.54, 1.807) is 18.1 Å². The number of carbonyl (C=O) groups is 2. The summed E-state index contributed by atoms with van der Waals surface area (Å²) in [5, 5.41) is 3.06. The van der Waals surface area contributed by atoms with Crippen LogP contribution in [0.4, 0.5) is 0 Å². The summed E-state index contributed by atoms with van der Waals surface area (Å²) in [6.45, 7) is 1.44. The van der Waals surface area contributed by atoms with E-state index in [0.29, 0.717) is 19.7 Å². The molecule has 2 heterocycles. The lowest BCUT2D eigenvalue weighted by atomic mass is 9.91. The minimum Gasteiger partial charge on any atom is -0.383 e. The van der Waals surface area contributed by atoms with Crippen LogP contribution in [0.2, 0.25) is 0 Å². The van der Waals surface area contributed by atoms with E-state index in [9.17, 15) is 14.4 Å². The molecule has 0 spiro atoms. The predicted octanol–water partition coefficient (Wildman–Crippen LogP) is 0.363. The quantitative estimate of drug-likeness (QED) is 0.814. The van der Waals surface area contributed by atoms with Crippen LogP contribution in [-0.2, 0) is 20.7 Å². The van der Waals surface area contributed by atoms with Gasteiger partial charge in [-0.25, -0.2) is 0 Å². The van der Waals surface area contributed by atoms with Crippen LogP contribution < -0.4 is 10.9 Å². The Labute approximate surface area is 140 Å². The van der Waals surface area contributed by atoms with Gasteiger partial charge in [0.05, 0.1) is 18.6 Å². The van der Waals surface area contributed by atoms with Crippen LogP contribution in [0, 0.1) is 5.92 Å². The van der Waals surface area contributed by atoms with Gasteiger partial charge in [0.2, 0.25) is 17.4 Å². The van der Waals surface area contributed by atoms with Gasteiger partial charge in [-0.1, -0.05) is 0 Å². The first-order valence-corrected chi connectivity index (χ1v) is 8.37. The fraction of sp³-hybridized carbons (Fsp3) is 0.588. The third-order valence-corrected chi connectivity index (χ3v) is 4.80. The van der Waals surface area contributed by atoms with Crippen LogP contribution in [0.5, 0.6) is 0 Å². The lowest BCUT2D eigenvalue weighted by Gasteiger charge is -2.27. The lowest BCUT2D eigenvalue weighted by molar-refractivity contribution is -0.129. The molecule has 1 fully saturated rings. The minimum atomic E-state index is -0.317. The van der Waals surface area contributed by atoms with E-state index in [0.717, 1.165) is 30.5 Å². The summed E-state index contributed by atoms with van der Waals surface area (Å²) in [6, 6.07) is 3.19. The van der Waals surface area contributed by atoms with Gasteiger partial charge in [0.25, 0.3) is 0 Å². The van der Waals surface area contributed by atoms with E-state index < -0.39 is 0 Å². The van der Waals surface area contributed by atoms with Crippen LogP contribution in [0.25, 0.3) is 0 Å². The van der Waals surface area contributed by atoms with Gasteiger partial charge >= 0.3 is 0 Å². The van der Waals surface area contributed by atoms with Crippen LogP contribution in [0.15, 0.2) is 16.9 Å². The average molecular weight is 333 g/mol. The number of pyridine rings is 1. The van der Waals surface area contributed by atoms with Gasteiger partial charge in [-0.2, -0.15) is 0 Å². The maximum Gasteiger partial charge on any atom is 0.248 e. The number of hydrogen-bond donors (Lipinski definition) is 2. The fourth-order valence-electron chi connectivity index (χ4n) is 3.51. The number of likely N-dealkylation sites (tertiary alicyclic amines) is 1. The summed E-state index contributed by atoms with van der Waals surface area (Å²) < 4.78 is 4.99. The van der Waals surface area contributed by atoms with E-state index in [1.807, 2.05) is 0 Å². The number of carbonyl (C=O) groups excluding carboxylic acids is 2. The smallest absolute Gasteiger partial charge is 0.248 e. The molecule has 0 unspecified atom stereocenters. The molecule has 2 aliphatic rings. The lowest BCUT2D eigenvalue weighted by Crippen LogP contribution is -2.37. The second-order valence-corrected chi connectivity index (χ2v) is 6.44. The molecule has 0 aromatic carbocycles. The zero-order chi connectivity index (χ0) is 17.1. The topological polar surface area (TPSA) is 91.5 Å². The number of rotatable bonds is 5. The van der Waals surface area contributed by atoms with Gasteiger partial charge in [-0.3, -0.25) is 14.4 Å². The van der Waals surface area contributed by atoms with Crippen molar-refractivity contribution in [2.45, 2.75) is 31.7 Å². The molecule has 0 radical (unpaired) electrons. The van der Waals surface area contributed by atoms with Crippen molar-refractivity contribution in [2.75, 3.05) is 26.8 Å². The Balaban J connectivity index is 1.64. The van der Waals surface area contributed by atoms with E-state index in [4.69, 9.17) is 4.74 Å². The van der Waals surface area contributed by atoms with Gasteiger partial charge in [0, 0.05) is 38.4 Å². The molecule has 2 amide bonds. The largest absolute Gasteiger partial charge is 0.383 e. The molecule has 2 N–H and O–H groups in total. The number of hydrogen-bond acceptors (Lipinski definition) is 4. The number of aromatic amines is 1. The number of aromatic nitrogens is 1. The molecule has 7 nitrogen and oxygen atoms in total. The SMILES string of the molecule is COCCN1C[C@@H](C(=O)N[C@@H]2CCCc3[nH]c(=O)ccc32)CC1=O. The highest BCUT2D eigenvalue weighted by molar-refractivity contribution is 5.89. The fourth-order valence-corrected chi connectivity index (χ4v) is 3.51. The second-order valence-electron chi connectivity index (χ2n) is 6.44. The first-order valence-electron chi connectivity index (χ1n) is 8.37. The van der Waals surface area contributed by atoms with E-state index in [1.165, 1.54) is 6.07 Å². The van der Waals surface area contributed by atoms with Gasteiger partial charge in [-0.05, 0) is 30.9 Å². The van der Waals surface area contributed by atoms with Crippen molar-refractivity contribution < 1.29 is 14.3 Å². The Morgan fingerprint density at radius 1 is 1.42 bits per heavy atom. The van der Waals surface area contributed by atoms with Crippen LogP contribution >= 0.6 is 0 Å². The van der Waals surface area contributed by atoms with Gasteiger partial charge < -0.3 is 19.9 Å². The Morgan fingerprint density at radius 2 is 2.25 bits per heavy atom. The molecule has 1 saturated heterocycles. The first kappa shape index (κ1) is 16.7. The number of fused-ring (bicyclic) bond motifs is 1. The Bertz CT molecular complexity index is 685. The number of H-pyrrole nitrogens is 1.